The first kappa shape index (κ1) is 17.0. The van der Waals surface area contributed by atoms with E-state index in [0.29, 0.717) is 18.5 Å². The molecule has 1 aromatic carbocycles. The Morgan fingerprint density at radius 3 is 2.55 bits per heavy atom. The van der Waals surface area contributed by atoms with Crippen molar-refractivity contribution in [3.63, 3.8) is 0 Å². The summed E-state index contributed by atoms with van der Waals surface area (Å²) in [6, 6.07) is 5.08. The highest BCUT2D eigenvalue weighted by Gasteiger charge is 2.30. The number of hydrogen-bond donors (Lipinski definition) is 1. The first-order valence-corrected chi connectivity index (χ1v) is 8.14. The maximum atomic E-state index is 12.5. The molecule has 0 bridgehead atoms. The van der Waals surface area contributed by atoms with E-state index in [2.05, 4.69) is 5.32 Å². The maximum Gasteiger partial charge on any atom is 0.416 e. The van der Waals surface area contributed by atoms with Crippen LogP contribution in [-0.2, 0) is 22.6 Å². The third-order valence-electron chi connectivity index (χ3n) is 2.83. The van der Waals surface area contributed by atoms with Gasteiger partial charge in [0, 0.05) is 12.3 Å². The molecule has 7 heteroatoms. The van der Waals surface area contributed by atoms with E-state index in [0.717, 1.165) is 12.1 Å². The topological polar surface area (TPSA) is 46.2 Å². The van der Waals surface area contributed by atoms with Crippen LogP contribution in [0.1, 0.15) is 24.5 Å². The van der Waals surface area contributed by atoms with Crippen molar-refractivity contribution in [3.8, 4) is 0 Å². The molecule has 0 spiro atoms. The van der Waals surface area contributed by atoms with Gasteiger partial charge in [-0.05, 0) is 24.6 Å². The first-order valence-electron chi connectivity index (χ1n) is 6.32. The van der Waals surface area contributed by atoms with Crippen LogP contribution in [0.2, 0.25) is 0 Å². The largest absolute Gasteiger partial charge is 0.416 e. The van der Waals surface area contributed by atoms with Gasteiger partial charge in [-0.2, -0.15) is 13.2 Å². The van der Waals surface area contributed by atoms with Crippen LogP contribution in [0.4, 0.5) is 13.2 Å². The summed E-state index contributed by atoms with van der Waals surface area (Å²) in [5.74, 6) is 0.208. The third kappa shape index (κ3) is 5.92. The Kier molecular flexibility index (Phi) is 6.01. The second-order valence-corrected chi connectivity index (χ2v) is 6.94. The molecule has 0 aromatic heterocycles. The molecule has 0 aliphatic carbocycles. The molecule has 0 amide bonds. The molecule has 0 aliphatic rings. The Labute approximate surface area is 117 Å². The average Bonchev–Trinajstić information content (AvgIpc) is 2.37. The Morgan fingerprint density at radius 2 is 1.95 bits per heavy atom. The number of hydrogen-bond acceptors (Lipinski definition) is 3. The summed E-state index contributed by atoms with van der Waals surface area (Å²) in [5, 5.41) is 2.95. The summed E-state index contributed by atoms with van der Waals surface area (Å²) in [5.41, 5.74) is -0.150. The third-order valence-corrected chi connectivity index (χ3v) is 4.62. The first-order chi connectivity index (χ1) is 9.24. The number of nitrogens with one attached hydrogen (secondary N) is 1. The molecule has 0 saturated heterocycles. The lowest BCUT2D eigenvalue weighted by Gasteiger charge is -2.09. The fourth-order valence-electron chi connectivity index (χ4n) is 1.65. The van der Waals surface area contributed by atoms with Gasteiger partial charge in [0.15, 0.2) is 0 Å². The number of alkyl halides is 3. The summed E-state index contributed by atoms with van der Waals surface area (Å²) in [6.45, 7) is 2.33. The van der Waals surface area contributed by atoms with Gasteiger partial charge < -0.3 is 5.32 Å². The van der Waals surface area contributed by atoms with Gasteiger partial charge in [0.2, 0.25) is 0 Å². The van der Waals surface area contributed by atoms with Gasteiger partial charge in [-0.15, -0.1) is 0 Å². The molecule has 0 aliphatic heterocycles. The monoisotopic (exact) mass is 309 g/mol. The van der Waals surface area contributed by atoms with E-state index in [9.17, 15) is 21.6 Å². The van der Waals surface area contributed by atoms with Crippen LogP contribution < -0.4 is 5.32 Å². The Bertz CT molecular complexity index is 527. The predicted molar refractivity (Wildman–Crippen MR) is 72.1 cm³/mol. The fraction of sp³-hybridized carbons (Fsp3) is 0.538. The zero-order valence-corrected chi connectivity index (χ0v) is 12.0. The van der Waals surface area contributed by atoms with Crippen molar-refractivity contribution >= 4 is 9.84 Å². The highest BCUT2D eigenvalue weighted by Crippen LogP contribution is 2.29. The highest BCUT2D eigenvalue weighted by molar-refractivity contribution is 7.91. The Morgan fingerprint density at radius 1 is 1.25 bits per heavy atom. The molecule has 0 heterocycles. The minimum absolute atomic E-state index is 0.0963. The Hall–Kier alpha value is -1.08. The van der Waals surface area contributed by atoms with E-state index >= 15 is 0 Å². The fourth-order valence-corrected chi connectivity index (χ4v) is 2.52. The van der Waals surface area contributed by atoms with Crippen LogP contribution in [-0.4, -0.2) is 26.5 Å². The van der Waals surface area contributed by atoms with Crippen LogP contribution in [0.15, 0.2) is 24.3 Å². The molecule has 0 unspecified atom stereocenters. The molecular formula is C13H18F3NO2S. The molecule has 1 N–H and O–H groups in total. The van der Waals surface area contributed by atoms with E-state index < -0.39 is 21.6 Å². The number of benzene rings is 1. The summed E-state index contributed by atoms with van der Waals surface area (Å²) < 4.78 is 60.0. The molecule has 0 atom stereocenters. The van der Waals surface area contributed by atoms with Crippen LogP contribution >= 0.6 is 0 Å². The maximum absolute atomic E-state index is 12.5. The number of halogens is 3. The number of rotatable bonds is 7. The van der Waals surface area contributed by atoms with Crippen molar-refractivity contribution in [2.45, 2.75) is 26.1 Å². The van der Waals surface area contributed by atoms with Gasteiger partial charge in [-0.1, -0.05) is 25.1 Å². The molecule has 0 fully saturated rings. The van der Waals surface area contributed by atoms with Gasteiger partial charge in [0.1, 0.15) is 9.84 Å². The lowest BCUT2D eigenvalue weighted by atomic mass is 10.1. The molecule has 114 valence electrons. The summed E-state index contributed by atoms with van der Waals surface area (Å²) >= 11 is 0. The van der Waals surface area contributed by atoms with Crippen LogP contribution in [0.25, 0.3) is 0 Å². The number of sulfone groups is 1. The van der Waals surface area contributed by atoms with Crippen molar-refractivity contribution in [1.82, 2.24) is 5.32 Å². The molecule has 3 nitrogen and oxygen atoms in total. The molecule has 0 radical (unpaired) electrons. The lowest BCUT2D eigenvalue weighted by molar-refractivity contribution is -0.137. The minimum atomic E-state index is -4.34. The minimum Gasteiger partial charge on any atom is -0.313 e. The predicted octanol–water partition coefficient (Wildman–Crippen LogP) is 2.62. The van der Waals surface area contributed by atoms with Crippen molar-refractivity contribution < 1.29 is 21.6 Å². The quantitative estimate of drug-likeness (QED) is 0.788. The van der Waals surface area contributed by atoms with Gasteiger partial charge in [-0.3, -0.25) is 0 Å². The highest BCUT2D eigenvalue weighted by atomic mass is 32.2. The van der Waals surface area contributed by atoms with E-state index in [1.54, 1.807) is 13.0 Å². The van der Waals surface area contributed by atoms with Crippen LogP contribution in [0, 0.1) is 0 Å². The molecule has 20 heavy (non-hydrogen) atoms. The van der Waals surface area contributed by atoms with Crippen molar-refractivity contribution in [1.29, 1.82) is 0 Å². The van der Waals surface area contributed by atoms with Gasteiger partial charge in [0.05, 0.1) is 11.3 Å². The van der Waals surface area contributed by atoms with Gasteiger partial charge in [0.25, 0.3) is 0 Å². The second-order valence-electron chi connectivity index (χ2n) is 4.46. The lowest BCUT2D eigenvalue weighted by Crippen LogP contribution is -2.19. The van der Waals surface area contributed by atoms with Crippen LogP contribution in [0.3, 0.4) is 0 Å². The molecular weight excluding hydrogens is 291 g/mol. The molecule has 0 saturated carbocycles. The second kappa shape index (κ2) is 7.08. The zero-order valence-electron chi connectivity index (χ0n) is 11.2. The van der Waals surface area contributed by atoms with Crippen molar-refractivity contribution in [2.24, 2.45) is 0 Å². The summed E-state index contributed by atoms with van der Waals surface area (Å²) in [7, 11) is -2.98. The van der Waals surface area contributed by atoms with E-state index in [-0.39, 0.29) is 18.1 Å². The van der Waals surface area contributed by atoms with Crippen molar-refractivity contribution in [3.05, 3.63) is 35.4 Å². The normalized spacial score (nSPS) is 12.6. The van der Waals surface area contributed by atoms with E-state index in [1.165, 1.54) is 6.07 Å². The van der Waals surface area contributed by atoms with Gasteiger partial charge >= 0.3 is 6.18 Å². The Balaban J connectivity index is 2.40. The summed E-state index contributed by atoms with van der Waals surface area (Å²) in [6.07, 6.45) is -3.89. The van der Waals surface area contributed by atoms with Gasteiger partial charge in [-0.25, -0.2) is 8.42 Å². The SMILES string of the molecule is CCS(=O)(=O)CCCNCc1cccc(C(F)(F)F)c1. The molecule has 1 aromatic rings. The zero-order chi connectivity index (χ0) is 15.2. The average molecular weight is 309 g/mol. The van der Waals surface area contributed by atoms with Crippen molar-refractivity contribution in [2.75, 3.05) is 18.1 Å². The van der Waals surface area contributed by atoms with E-state index in [1.807, 2.05) is 0 Å². The van der Waals surface area contributed by atoms with Crippen LogP contribution in [0.5, 0.6) is 0 Å². The summed E-state index contributed by atoms with van der Waals surface area (Å²) in [4.78, 5) is 0. The molecule has 1 rings (SSSR count). The standard InChI is InChI=1S/C13H18F3NO2S/c1-2-20(18,19)8-4-7-17-10-11-5-3-6-12(9-11)13(14,15)16/h3,5-6,9,17H,2,4,7-8,10H2,1H3. The van der Waals surface area contributed by atoms with E-state index in [4.69, 9.17) is 0 Å². The smallest absolute Gasteiger partial charge is 0.313 e.